The summed E-state index contributed by atoms with van der Waals surface area (Å²) in [5, 5.41) is 0. The molecule has 0 saturated carbocycles. The fraction of sp³-hybridized carbons (Fsp3) is 0.200. The van der Waals surface area contributed by atoms with Gasteiger partial charge in [0.05, 0.1) is 9.79 Å². The zero-order valence-electron chi connectivity index (χ0n) is 16.5. The van der Waals surface area contributed by atoms with Gasteiger partial charge in [0.1, 0.15) is 0 Å². The third-order valence-electron chi connectivity index (χ3n) is 4.21. The molecular weight excluding hydrogens is 424 g/mol. The van der Waals surface area contributed by atoms with Gasteiger partial charge in [0.2, 0.25) is 5.95 Å². The normalized spacial score (nSPS) is 11.8. The SMILES string of the molecule is CCCc1ccc(S(=O)(=O)Nc2ccc(S(=O)(=O)Nc3nccc(C)n3)cc2)cc1. The largest absolute Gasteiger partial charge is 0.280 e. The Morgan fingerprint density at radius 3 is 1.93 bits per heavy atom. The molecule has 0 unspecified atom stereocenters. The van der Waals surface area contributed by atoms with Crippen molar-refractivity contribution in [2.45, 2.75) is 36.5 Å². The summed E-state index contributed by atoms with van der Waals surface area (Å²) in [6.45, 7) is 3.78. The van der Waals surface area contributed by atoms with Crippen molar-refractivity contribution in [2.75, 3.05) is 9.44 Å². The van der Waals surface area contributed by atoms with Crippen LogP contribution in [0.3, 0.4) is 0 Å². The van der Waals surface area contributed by atoms with Crippen LogP contribution in [0.15, 0.2) is 70.6 Å². The molecule has 3 aromatic rings. The Balaban J connectivity index is 1.74. The lowest BCUT2D eigenvalue weighted by atomic mass is 10.1. The van der Waals surface area contributed by atoms with Gasteiger partial charge in [0.15, 0.2) is 0 Å². The first kappa shape index (κ1) is 21.7. The van der Waals surface area contributed by atoms with E-state index in [0.717, 1.165) is 18.4 Å². The van der Waals surface area contributed by atoms with Crippen LogP contribution >= 0.6 is 0 Å². The number of aryl methyl sites for hydroxylation is 2. The highest BCUT2D eigenvalue weighted by atomic mass is 32.2. The van der Waals surface area contributed by atoms with Gasteiger partial charge in [0.25, 0.3) is 20.0 Å². The Bertz CT molecular complexity index is 1220. The maximum absolute atomic E-state index is 12.6. The molecule has 0 radical (unpaired) electrons. The van der Waals surface area contributed by atoms with Crippen LogP contribution in [0.1, 0.15) is 24.6 Å². The van der Waals surface area contributed by atoms with Gasteiger partial charge < -0.3 is 0 Å². The lowest BCUT2D eigenvalue weighted by molar-refractivity contribution is 0.599. The van der Waals surface area contributed by atoms with Gasteiger partial charge in [0, 0.05) is 17.6 Å². The van der Waals surface area contributed by atoms with E-state index in [2.05, 4.69) is 26.3 Å². The summed E-state index contributed by atoms with van der Waals surface area (Å²) in [7, 11) is -7.69. The number of benzene rings is 2. The van der Waals surface area contributed by atoms with Crippen molar-refractivity contribution in [1.29, 1.82) is 0 Å². The quantitative estimate of drug-likeness (QED) is 0.548. The summed E-state index contributed by atoms with van der Waals surface area (Å²) in [6.07, 6.45) is 3.31. The van der Waals surface area contributed by atoms with E-state index in [1.807, 2.05) is 0 Å². The van der Waals surface area contributed by atoms with Crippen molar-refractivity contribution in [1.82, 2.24) is 9.97 Å². The number of aromatic nitrogens is 2. The highest BCUT2D eigenvalue weighted by Gasteiger charge is 2.18. The van der Waals surface area contributed by atoms with E-state index in [1.165, 1.54) is 30.5 Å². The molecule has 0 spiro atoms. The van der Waals surface area contributed by atoms with E-state index in [0.29, 0.717) is 5.69 Å². The van der Waals surface area contributed by atoms with Crippen LogP contribution in [-0.4, -0.2) is 26.8 Å². The predicted octanol–water partition coefficient (Wildman–Crippen LogP) is 3.34. The summed E-state index contributed by atoms with van der Waals surface area (Å²) < 4.78 is 54.9. The number of nitrogens with zero attached hydrogens (tertiary/aromatic N) is 2. The molecule has 0 atom stereocenters. The first-order valence-corrected chi connectivity index (χ1v) is 12.2. The molecule has 1 heterocycles. The zero-order valence-corrected chi connectivity index (χ0v) is 18.2. The fourth-order valence-electron chi connectivity index (χ4n) is 2.72. The van der Waals surface area contributed by atoms with Gasteiger partial charge in [-0.25, -0.2) is 31.5 Å². The van der Waals surface area contributed by atoms with Crippen LogP contribution < -0.4 is 9.44 Å². The van der Waals surface area contributed by atoms with Gasteiger partial charge >= 0.3 is 0 Å². The van der Waals surface area contributed by atoms with Crippen molar-refractivity contribution in [3.63, 3.8) is 0 Å². The van der Waals surface area contributed by atoms with E-state index in [9.17, 15) is 16.8 Å². The van der Waals surface area contributed by atoms with Crippen molar-refractivity contribution in [3.05, 3.63) is 72.1 Å². The fourth-order valence-corrected chi connectivity index (χ4v) is 4.73. The van der Waals surface area contributed by atoms with E-state index in [4.69, 9.17) is 0 Å². The topological polar surface area (TPSA) is 118 Å². The van der Waals surface area contributed by atoms with Gasteiger partial charge in [-0.15, -0.1) is 0 Å². The summed E-state index contributed by atoms with van der Waals surface area (Å²) in [4.78, 5) is 7.98. The van der Waals surface area contributed by atoms with Crippen molar-refractivity contribution >= 4 is 31.7 Å². The summed E-state index contributed by atoms with van der Waals surface area (Å²) >= 11 is 0. The van der Waals surface area contributed by atoms with E-state index < -0.39 is 20.0 Å². The van der Waals surface area contributed by atoms with E-state index >= 15 is 0 Å². The Kier molecular flexibility index (Phi) is 6.37. The third kappa shape index (κ3) is 5.33. The molecule has 3 rings (SSSR count). The molecule has 1 aromatic heterocycles. The molecule has 0 aliphatic carbocycles. The van der Waals surface area contributed by atoms with Crippen LogP contribution in [0.4, 0.5) is 11.6 Å². The van der Waals surface area contributed by atoms with Crippen LogP contribution in [0.2, 0.25) is 0 Å². The second-order valence-electron chi connectivity index (χ2n) is 6.65. The summed E-state index contributed by atoms with van der Waals surface area (Å²) in [6, 6.07) is 13.7. The van der Waals surface area contributed by atoms with Crippen LogP contribution in [-0.2, 0) is 26.5 Å². The van der Waals surface area contributed by atoms with Gasteiger partial charge in [-0.05, 0) is 61.4 Å². The minimum absolute atomic E-state index is 0.0358. The minimum Gasteiger partial charge on any atom is -0.280 e. The lowest BCUT2D eigenvalue weighted by Crippen LogP contribution is -2.16. The molecule has 30 heavy (non-hydrogen) atoms. The molecule has 0 amide bonds. The van der Waals surface area contributed by atoms with Crippen molar-refractivity contribution in [3.8, 4) is 0 Å². The maximum Gasteiger partial charge on any atom is 0.264 e. The summed E-state index contributed by atoms with van der Waals surface area (Å²) in [5.74, 6) is -0.0358. The number of anilines is 2. The Labute approximate surface area is 176 Å². The molecule has 8 nitrogen and oxygen atoms in total. The second-order valence-corrected chi connectivity index (χ2v) is 10.0. The number of rotatable bonds is 8. The first-order valence-electron chi connectivity index (χ1n) is 9.24. The van der Waals surface area contributed by atoms with Crippen LogP contribution in [0.5, 0.6) is 0 Å². The minimum atomic E-state index is -3.91. The Morgan fingerprint density at radius 1 is 0.800 bits per heavy atom. The number of hydrogen-bond acceptors (Lipinski definition) is 6. The smallest absolute Gasteiger partial charge is 0.264 e. The van der Waals surface area contributed by atoms with Gasteiger partial charge in [-0.2, -0.15) is 0 Å². The molecular formula is C20H22N4O4S2. The van der Waals surface area contributed by atoms with Crippen molar-refractivity contribution < 1.29 is 16.8 Å². The van der Waals surface area contributed by atoms with E-state index in [1.54, 1.807) is 37.3 Å². The molecule has 2 aromatic carbocycles. The zero-order chi connectivity index (χ0) is 21.8. The molecule has 0 bridgehead atoms. The average Bonchev–Trinajstić information content (AvgIpc) is 2.68. The van der Waals surface area contributed by atoms with Gasteiger partial charge in [-0.1, -0.05) is 25.5 Å². The average molecular weight is 447 g/mol. The maximum atomic E-state index is 12.6. The van der Waals surface area contributed by atoms with E-state index in [-0.39, 0.29) is 21.4 Å². The second kappa shape index (κ2) is 8.80. The van der Waals surface area contributed by atoms with Crippen molar-refractivity contribution in [2.24, 2.45) is 0 Å². The number of hydrogen-bond donors (Lipinski definition) is 2. The first-order chi connectivity index (χ1) is 14.2. The highest BCUT2D eigenvalue weighted by molar-refractivity contribution is 7.93. The molecule has 0 aliphatic rings. The molecule has 0 fully saturated rings. The number of nitrogens with one attached hydrogen (secondary N) is 2. The molecule has 10 heteroatoms. The summed E-state index contributed by atoms with van der Waals surface area (Å²) in [5.41, 5.74) is 1.93. The molecule has 158 valence electrons. The number of sulfonamides is 2. The standard InChI is InChI=1S/C20H22N4O4S2/c1-3-4-16-5-9-18(10-6-16)29(25,26)23-17-7-11-19(12-8-17)30(27,28)24-20-21-14-13-15(2)22-20/h5-14,23H,3-4H2,1-2H3,(H,21,22,24). The Hall–Kier alpha value is -2.98. The van der Waals surface area contributed by atoms with Crippen LogP contribution in [0, 0.1) is 6.92 Å². The van der Waals surface area contributed by atoms with Gasteiger partial charge in [-0.3, -0.25) is 4.72 Å². The Morgan fingerprint density at radius 2 is 1.37 bits per heavy atom. The van der Waals surface area contributed by atoms with Crippen LogP contribution in [0.25, 0.3) is 0 Å². The highest BCUT2D eigenvalue weighted by Crippen LogP contribution is 2.20. The lowest BCUT2D eigenvalue weighted by Gasteiger charge is -2.10. The molecule has 0 saturated heterocycles. The molecule has 2 N–H and O–H groups in total. The third-order valence-corrected chi connectivity index (χ3v) is 6.95. The monoisotopic (exact) mass is 446 g/mol. The predicted molar refractivity (Wildman–Crippen MR) is 115 cm³/mol. The molecule has 0 aliphatic heterocycles.